The second-order valence-corrected chi connectivity index (χ2v) is 5.34. The quantitative estimate of drug-likeness (QED) is 0.630. The van der Waals surface area contributed by atoms with Crippen LogP contribution >= 0.6 is 11.3 Å². The third kappa shape index (κ3) is 1.90. The van der Waals surface area contributed by atoms with Crippen LogP contribution in [-0.4, -0.2) is 20.1 Å². The highest BCUT2D eigenvalue weighted by molar-refractivity contribution is 7.15. The number of aromatic nitrogens is 2. The van der Waals surface area contributed by atoms with Crippen LogP contribution in [0.4, 0.5) is 5.82 Å². The molecule has 18 heavy (non-hydrogen) atoms. The van der Waals surface area contributed by atoms with Crippen LogP contribution in [0.3, 0.4) is 0 Å². The Labute approximate surface area is 107 Å². The first-order valence-corrected chi connectivity index (χ1v) is 6.41. The van der Waals surface area contributed by atoms with E-state index in [1.807, 2.05) is 13.8 Å². The van der Waals surface area contributed by atoms with Gasteiger partial charge in [-0.05, 0) is 17.8 Å². The fraction of sp³-hybridized carbons (Fsp3) is 0.455. The topological polar surface area (TPSA) is 77.5 Å². The lowest BCUT2D eigenvalue weighted by molar-refractivity contribution is -0.391. The predicted octanol–water partition coefficient (Wildman–Crippen LogP) is 2.63. The Morgan fingerprint density at radius 2 is 2.22 bits per heavy atom. The first kappa shape index (κ1) is 12.7. The standard InChI is InChI=1S/C11H13N3O3S/c1-6(2)8(7(3)15)9-10(14(16)17)13-4-5-18-11(13)12-9/h4-6,8H,1-3H3. The van der Waals surface area contributed by atoms with Gasteiger partial charge < -0.3 is 10.1 Å². The summed E-state index contributed by atoms with van der Waals surface area (Å²) in [4.78, 5) is 27.2. The van der Waals surface area contributed by atoms with E-state index in [1.165, 1.54) is 22.7 Å². The summed E-state index contributed by atoms with van der Waals surface area (Å²) >= 11 is 1.32. The van der Waals surface area contributed by atoms with Crippen molar-refractivity contribution in [3.05, 3.63) is 27.4 Å². The van der Waals surface area contributed by atoms with E-state index in [0.717, 1.165) is 0 Å². The lowest BCUT2D eigenvalue weighted by Gasteiger charge is -2.14. The molecule has 0 amide bonds. The minimum atomic E-state index is -0.530. The molecule has 7 heteroatoms. The molecule has 1 unspecified atom stereocenters. The van der Waals surface area contributed by atoms with Crippen LogP contribution < -0.4 is 0 Å². The van der Waals surface area contributed by atoms with Crippen LogP contribution in [0.15, 0.2) is 11.6 Å². The van der Waals surface area contributed by atoms with Gasteiger partial charge in [-0.1, -0.05) is 25.2 Å². The molecule has 0 aliphatic carbocycles. The molecule has 2 heterocycles. The Morgan fingerprint density at radius 1 is 1.56 bits per heavy atom. The monoisotopic (exact) mass is 267 g/mol. The van der Waals surface area contributed by atoms with Crippen molar-refractivity contribution >= 4 is 27.9 Å². The Hall–Kier alpha value is -1.76. The van der Waals surface area contributed by atoms with E-state index in [0.29, 0.717) is 4.96 Å². The lowest BCUT2D eigenvalue weighted by atomic mass is 9.89. The summed E-state index contributed by atoms with van der Waals surface area (Å²) < 4.78 is 1.43. The van der Waals surface area contributed by atoms with Crippen molar-refractivity contribution in [3.63, 3.8) is 0 Å². The van der Waals surface area contributed by atoms with Gasteiger partial charge in [-0.15, -0.1) is 0 Å². The zero-order valence-corrected chi connectivity index (χ0v) is 11.1. The molecule has 0 bridgehead atoms. The number of nitro groups is 1. The highest BCUT2D eigenvalue weighted by atomic mass is 32.1. The molecule has 2 rings (SSSR count). The summed E-state index contributed by atoms with van der Waals surface area (Å²) in [5.41, 5.74) is 0.273. The third-order valence-corrected chi connectivity index (χ3v) is 3.59. The molecule has 0 aliphatic heterocycles. The minimum absolute atomic E-state index is 0.0224. The third-order valence-electron chi connectivity index (χ3n) is 2.84. The molecule has 1 atom stereocenters. The summed E-state index contributed by atoms with van der Waals surface area (Å²) in [5, 5.41) is 12.9. The highest BCUT2D eigenvalue weighted by Gasteiger charge is 2.33. The number of rotatable bonds is 4. The van der Waals surface area contributed by atoms with Gasteiger partial charge in [0.1, 0.15) is 12.0 Å². The lowest BCUT2D eigenvalue weighted by Crippen LogP contribution is -2.17. The number of carbonyl (C=O) groups excluding carboxylic acids is 1. The zero-order chi connectivity index (χ0) is 13.4. The average molecular weight is 267 g/mol. The van der Waals surface area contributed by atoms with Crippen LogP contribution in [0.2, 0.25) is 0 Å². The molecular weight excluding hydrogens is 254 g/mol. The number of imidazole rings is 1. The van der Waals surface area contributed by atoms with Crippen LogP contribution in [0, 0.1) is 16.0 Å². The number of ketones is 1. The smallest absolute Gasteiger partial charge is 0.352 e. The Kier molecular flexibility index (Phi) is 3.16. The molecule has 0 spiro atoms. The van der Waals surface area contributed by atoms with Crippen LogP contribution in [0.1, 0.15) is 32.4 Å². The maximum atomic E-state index is 11.7. The Balaban J connectivity index is 2.68. The Bertz CT molecular complexity index is 614. The van der Waals surface area contributed by atoms with E-state index in [-0.39, 0.29) is 23.2 Å². The molecule has 0 radical (unpaired) electrons. The maximum Gasteiger partial charge on any atom is 0.352 e. The van der Waals surface area contributed by atoms with E-state index in [9.17, 15) is 14.9 Å². The molecule has 96 valence electrons. The number of fused-ring (bicyclic) bond motifs is 1. The summed E-state index contributed by atoms with van der Waals surface area (Å²) in [5.74, 6) is -0.748. The summed E-state index contributed by atoms with van der Waals surface area (Å²) in [7, 11) is 0. The van der Waals surface area contributed by atoms with Gasteiger partial charge in [0, 0.05) is 5.38 Å². The van der Waals surface area contributed by atoms with Crippen molar-refractivity contribution < 1.29 is 9.72 Å². The van der Waals surface area contributed by atoms with Crippen molar-refractivity contribution in [1.82, 2.24) is 9.38 Å². The van der Waals surface area contributed by atoms with Crippen molar-refractivity contribution in [2.45, 2.75) is 26.7 Å². The van der Waals surface area contributed by atoms with Crippen molar-refractivity contribution in [1.29, 1.82) is 0 Å². The van der Waals surface area contributed by atoms with Crippen molar-refractivity contribution in [2.24, 2.45) is 5.92 Å². The molecular formula is C11H13N3O3S. The molecule has 0 saturated carbocycles. The van der Waals surface area contributed by atoms with E-state index in [1.54, 1.807) is 11.6 Å². The van der Waals surface area contributed by atoms with Gasteiger partial charge in [-0.25, -0.2) is 0 Å². The zero-order valence-electron chi connectivity index (χ0n) is 10.3. The number of hydrogen-bond acceptors (Lipinski definition) is 5. The summed E-state index contributed by atoms with van der Waals surface area (Å²) in [6.07, 6.45) is 1.60. The molecule has 0 aromatic carbocycles. The normalized spacial score (nSPS) is 13.1. The van der Waals surface area contributed by atoms with Gasteiger partial charge in [-0.3, -0.25) is 4.79 Å². The maximum absolute atomic E-state index is 11.7. The molecule has 6 nitrogen and oxygen atoms in total. The van der Waals surface area contributed by atoms with Gasteiger partial charge in [0.25, 0.3) is 4.96 Å². The van der Waals surface area contributed by atoms with E-state index >= 15 is 0 Å². The average Bonchev–Trinajstić information content (AvgIpc) is 2.74. The highest BCUT2D eigenvalue weighted by Crippen LogP contribution is 2.34. The second-order valence-electron chi connectivity index (χ2n) is 4.47. The van der Waals surface area contributed by atoms with E-state index in [2.05, 4.69) is 4.98 Å². The summed E-state index contributed by atoms with van der Waals surface area (Å²) in [6, 6.07) is 0. The number of hydrogen-bond donors (Lipinski definition) is 0. The van der Waals surface area contributed by atoms with Crippen LogP contribution in [0.25, 0.3) is 4.96 Å². The molecule has 0 N–H and O–H groups in total. The second kappa shape index (κ2) is 4.49. The number of Topliss-reactive ketones (excluding diaryl/α,β-unsaturated/α-hetero) is 1. The first-order valence-electron chi connectivity index (χ1n) is 5.53. The molecule has 2 aromatic rings. The molecule has 0 aliphatic rings. The van der Waals surface area contributed by atoms with Crippen molar-refractivity contribution in [2.75, 3.05) is 0 Å². The minimum Gasteiger partial charge on any atom is -0.358 e. The number of thiazole rings is 1. The molecule has 0 fully saturated rings. The van der Waals surface area contributed by atoms with Crippen LogP contribution in [0.5, 0.6) is 0 Å². The van der Waals surface area contributed by atoms with E-state index in [4.69, 9.17) is 0 Å². The van der Waals surface area contributed by atoms with Crippen LogP contribution in [-0.2, 0) is 4.79 Å². The Morgan fingerprint density at radius 3 is 2.72 bits per heavy atom. The van der Waals surface area contributed by atoms with Gasteiger partial charge >= 0.3 is 5.82 Å². The van der Waals surface area contributed by atoms with Gasteiger partial charge in [0.2, 0.25) is 0 Å². The predicted molar refractivity (Wildman–Crippen MR) is 68.0 cm³/mol. The van der Waals surface area contributed by atoms with Gasteiger partial charge in [-0.2, -0.15) is 9.38 Å². The number of carbonyl (C=O) groups is 1. The largest absolute Gasteiger partial charge is 0.358 e. The van der Waals surface area contributed by atoms with Gasteiger partial charge in [0.15, 0.2) is 5.69 Å². The van der Waals surface area contributed by atoms with Crippen molar-refractivity contribution in [3.8, 4) is 0 Å². The van der Waals surface area contributed by atoms with Gasteiger partial charge in [0.05, 0.1) is 5.92 Å². The van der Waals surface area contributed by atoms with E-state index < -0.39 is 10.8 Å². The fourth-order valence-corrected chi connectivity index (χ4v) is 2.87. The molecule has 0 saturated heterocycles. The first-order chi connectivity index (χ1) is 8.43. The fourth-order valence-electron chi connectivity index (χ4n) is 2.16. The molecule has 2 aromatic heterocycles. The summed E-state index contributed by atoms with van der Waals surface area (Å²) in [6.45, 7) is 5.17. The number of nitrogens with zero attached hydrogens (tertiary/aromatic N) is 3. The SMILES string of the molecule is CC(=O)C(c1nc2sccn2c1[N+](=O)[O-])C(C)C.